The van der Waals surface area contributed by atoms with Crippen molar-refractivity contribution in [1.82, 2.24) is 0 Å². The molecule has 0 saturated carbocycles. The maximum Gasteiger partial charge on any atom is 0.0920 e. The molecule has 8 aromatic rings. The van der Waals surface area contributed by atoms with Crippen molar-refractivity contribution in [2.75, 3.05) is 0 Å². The maximum absolute atomic E-state index is 4.93. The van der Waals surface area contributed by atoms with Gasteiger partial charge in [0, 0.05) is 0 Å². The van der Waals surface area contributed by atoms with Gasteiger partial charge in [-0.25, -0.2) is 0 Å². The minimum atomic E-state index is -0.826. The van der Waals surface area contributed by atoms with Crippen molar-refractivity contribution in [3.05, 3.63) is 179 Å². The predicted octanol–water partition coefficient (Wildman–Crippen LogP) is 16.6. The number of fused-ring (bicyclic) bond motifs is 5. The quantitative estimate of drug-likeness (QED) is 0.115. The van der Waals surface area contributed by atoms with Crippen molar-refractivity contribution < 1.29 is 20.8 Å². The van der Waals surface area contributed by atoms with Crippen LogP contribution in [0.1, 0.15) is 103 Å². The number of hydrogen-bond donors (Lipinski definition) is 0. The van der Waals surface area contributed by atoms with Gasteiger partial charge < -0.3 is 0 Å². The Hall–Kier alpha value is -3.78. The fourth-order valence-corrected chi connectivity index (χ4v) is 10.4. The summed E-state index contributed by atoms with van der Waals surface area (Å²) in [5.41, 5.74) is 17.1. The van der Waals surface area contributed by atoms with E-state index in [1.54, 1.807) is 0 Å². The van der Waals surface area contributed by atoms with Crippen LogP contribution in [0.2, 0.25) is 0 Å². The number of benzene rings is 6. The van der Waals surface area contributed by atoms with Gasteiger partial charge in [0.1, 0.15) is 0 Å². The van der Waals surface area contributed by atoms with Gasteiger partial charge in [-0.3, -0.25) is 0 Å². The molecule has 4 heteroatoms. The predicted molar refractivity (Wildman–Crippen MR) is 281 cm³/mol. The topological polar surface area (TPSA) is 0 Å². The Bertz CT molecular complexity index is 2610. The number of halogens is 2. The van der Waals surface area contributed by atoms with E-state index in [9.17, 15) is 0 Å². The Labute approximate surface area is 407 Å². The molecular weight excluding hydrogens is 911 g/mol. The van der Waals surface area contributed by atoms with Crippen LogP contribution >= 0.6 is 17.0 Å². The van der Waals surface area contributed by atoms with E-state index in [2.05, 4.69) is 223 Å². The Balaban J connectivity index is 0.000000160. The molecular formula is C60H65Cl2SiZr-3. The van der Waals surface area contributed by atoms with Gasteiger partial charge in [0.2, 0.25) is 0 Å². The average molecular weight is 976 g/mol. The third kappa shape index (κ3) is 12.0. The Kier molecular flexibility index (Phi) is 16.8. The molecule has 0 unspecified atom stereocenters. The smallest absolute Gasteiger partial charge is 0.0920 e. The van der Waals surface area contributed by atoms with Crippen LogP contribution in [0.5, 0.6) is 0 Å². The molecule has 8 aromatic carbocycles. The number of rotatable bonds is 6. The average Bonchev–Trinajstić information content (AvgIpc) is 3.95. The standard InChI is InChI=1S/2C24H29.C12H7Si.2ClH.Zr/c2*1-16(2)13-18-14-19-11-12-22(24(4,5)6)23(21(19)15-18)20-10-8-7-9-17(20)3;1-3-7-11-9(5-1)10-6-2-4-8-12(10)13-11;;;/h2*7-12,14-16H,13H2,1-6H3;1-7H;2*1H;/q3*-1;;;+2/p-2. The number of hydrogen-bond acceptors (Lipinski definition) is 0. The second-order valence-corrected chi connectivity index (χ2v) is 25.3. The Morgan fingerprint density at radius 2 is 0.953 bits per heavy atom. The molecule has 0 aromatic heterocycles. The summed E-state index contributed by atoms with van der Waals surface area (Å²) in [6.07, 6.45) is 2.29. The van der Waals surface area contributed by atoms with E-state index in [0.29, 0.717) is 11.8 Å². The van der Waals surface area contributed by atoms with Gasteiger partial charge in [0.05, 0.1) is 9.52 Å². The normalized spacial score (nSPS) is 11.9. The molecule has 0 amide bonds. The summed E-state index contributed by atoms with van der Waals surface area (Å²) in [5.74, 6) is 1.37. The molecule has 0 saturated heterocycles. The third-order valence-corrected chi connectivity index (χ3v) is 13.3. The zero-order chi connectivity index (χ0) is 46.3. The van der Waals surface area contributed by atoms with Crippen LogP contribution in [0.3, 0.4) is 0 Å². The summed E-state index contributed by atoms with van der Waals surface area (Å²) in [4.78, 5) is 0. The summed E-state index contributed by atoms with van der Waals surface area (Å²) in [7, 11) is 10.7. The molecule has 0 spiro atoms. The van der Waals surface area contributed by atoms with Gasteiger partial charge in [0.15, 0.2) is 0 Å². The van der Waals surface area contributed by atoms with E-state index >= 15 is 0 Å². The fraction of sp³-hybridized carbons (Fsp3) is 0.300. The van der Waals surface area contributed by atoms with Crippen molar-refractivity contribution in [3.63, 3.8) is 0 Å². The second-order valence-electron chi connectivity index (χ2n) is 20.2. The number of aryl methyl sites for hydroxylation is 2. The molecule has 0 fully saturated rings. The first-order chi connectivity index (χ1) is 30.4. The van der Waals surface area contributed by atoms with Gasteiger partial charge in [-0.05, 0) is 71.6 Å². The fourth-order valence-electron chi connectivity index (χ4n) is 9.13. The zero-order valence-corrected chi connectivity index (χ0v) is 45.1. The molecule has 9 rings (SSSR count). The second kappa shape index (κ2) is 21.7. The van der Waals surface area contributed by atoms with Crippen LogP contribution in [-0.4, -0.2) is 9.52 Å². The van der Waals surface area contributed by atoms with Gasteiger partial charge in [0.25, 0.3) is 0 Å². The summed E-state index contributed by atoms with van der Waals surface area (Å²) < 4.78 is 0. The van der Waals surface area contributed by atoms with E-state index in [1.807, 2.05) is 6.07 Å². The van der Waals surface area contributed by atoms with Gasteiger partial charge >= 0.3 is 37.9 Å². The molecule has 0 atom stereocenters. The van der Waals surface area contributed by atoms with E-state index in [1.165, 1.54) is 98.7 Å². The van der Waals surface area contributed by atoms with E-state index < -0.39 is 20.8 Å². The Morgan fingerprint density at radius 1 is 0.547 bits per heavy atom. The minimum absolute atomic E-state index is 0.126. The molecule has 330 valence electrons. The molecule has 64 heavy (non-hydrogen) atoms. The van der Waals surface area contributed by atoms with E-state index in [-0.39, 0.29) is 10.8 Å². The first-order valence-corrected chi connectivity index (χ1v) is 30.1. The van der Waals surface area contributed by atoms with E-state index in [0.717, 1.165) is 22.4 Å². The molecule has 1 aliphatic heterocycles. The van der Waals surface area contributed by atoms with Crippen LogP contribution in [-0.2, 0) is 44.5 Å². The minimum Gasteiger partial charge on any atom is -0.184 e. The van der Waals surface area contributed by atoms with Crippen molar-refractivity contribution in [3.8, 4) is 33.4 Å². The van der Waals surface area contributed by atoms with E-state index in [4.69, 9.17) is 17.0 Å². The van der Waals surface area contributed by atoms with Crippen molar-refractivity contribution in [1.29, 1.82) is 0 Å². The summed E-state index contributed by atoms with van der Waals surface area (Å²) in [6, 6.07) is 54.6. The molecule has 0 bridgehead atoms. The molecule has 2 radical (unpaired) electrons. The van der Waals surface area contributed by atoms with Crippen molar-refractivity contribution >= 4 is 58.5 Å². The van der Waals surface area contributed by atoms with Crippen molar-refractivity contribution in [2.24, 2.45) is 11.8 Å². The van der Waals surface area contributed by atoms with Crippen LogP contribution < -0.4 is 10.4 Å². The van der Waals surface area contributed by atoms with Crippen LogP contribution in [0, 0.1) is 31.7 Å². The molecule has 1 aliphatic rings. The summed E-state index contributed by atoms with van der Waals surface area (Å²) in [5, 5.41) is 8.39. The summed E-state index contributed by atoms with van der Waals surface area (Å²) in [6.45, 7) is 27.5. The SMILES string of the molecule is Cc1ccccc1-c1c(C(C)(C)C)ccc2[cH-]c(CC(C)C)cc12.Cc1ccccc1-c1c(C(C)(C)C)ccc2[cH-]c(CC(C)C)cc12.[Cl][Zr][Cl].[c-]1cccc2c1[Si]c1ccccc1-2. The van der Waals surface area contributed by atoms with Gasteiger partial charge in [-0.1, -0.05) is 175 Å². The molecule has 0 nitrogen and oxygen atoms in total. The van der Waals surface area contributed by atoms with Crippen LogP contribution in [0.25, 0.3) is 54.9 Å². The van der Waals surface area contributed by atoms with Gasteiger partial charge in [-0.2, -0.15) is 41.6 Å². The van der Waals surface area contributed by atoms with Gasteiger partial charge in [-0.15, -0.1) is 74.6 Å². The van der Waals surface area contributed by atoms with Crippen LogP contribution in [0.15, 0.2) is 140 Å². The van der Waals surface area contributed by atoms with Crippen LogP contribution in [0.4, 0.5) is 0 Å². The first-order valence-electron chi connectivity index (χ1n) is 22.8. The molecule has 0 aliphatic carbocycles. The third-order valence-electron chi connectivity index (χ3n) is 12.0. The molecule has 0 N–H and O–H groups in total. The largest absolute Gasteiger partial charge is 0.184 e. The maximum atomic E-state index is 4.93. The Morgan fingerprint density at radius 3 is 1.38 bits per heavy atom. The monoisotopic (exact) mass is 973 g/mol. The zero-order valence-electron chi connectivity index (χ0n) is 40.1. The summed E-state index contributed by atoms with van der Waals surface area (Å²) >= 11 is -0.826. The first kappa shape index (κ1) is 49.6. The van der Waals surface area contributed by atoms with Crippen molar-refractivity contribution in [2.45, 2.75) is 107 Å². The molecule has 1 heterocycles.